The number of nitrogens with one attached hydrogen (secondary N) is 2. The lowest BCUT2D eigenvalue weighted by Crippen LogP contribution is -2.46. The first-order chi connectivity index (χ1) is 25.2. The number of methoxy groups -OCH3 is 1. The highest BCUT2D eigenvalue weighted by Gasteiger charge is 2.37. The number of anilines is 1. The Morgan fingerprint density at radius 3 is 2.56 bits per heavy atom. The number of hydrazine groups is 1. The number of urea groups is 1. The van der Waals surface area contributed by atoms with Gasteiger partial charge < -0.3 is 19.5 Å². The van der Waals surface area contributed by atoms with Crippen molar-refractivity contribution in [1.29, 1.82) is 0 Å². The molecule has 0 bridgehead atoms. The summed E-state index contributed by atoms with van der Waals surface area (Å²) in [5.74, 6) is -4.68. The third kappa shape index (κ3) is 7.45. The van der Waals surface area contributed by atoms with Gasteiger partial charge in [-0.15, -0.1) is 23.1 Å². The number of hydrogen-bond acceptors (Lipinski definition) is 9. The normalized spacial score (nSPS) is 15.8. The second-order valence-corrected chi connectivity index (χ2v) is 14.0. The number of aromatic nitrogens is 1. The molecule has 5 aromatic rings. The maximum absolute atomic E-state index is 15.3. The van der Waals surface area contributed by atoms with Crippen LogP contribution >= 0.6 is 23.1 Å². The van der Waals surface area contributed by atoms with Crippen molar-refractivity contribution in [3.05, 3.63) is 105 Å². The molecule has 2 N–H and O–H groups in total. The van der Waals surface area contributed by atoms with Gasteiger partial charge >= 0.3 is 6.03 Å². The van der Waals surface area contributed by atoms with E-state index in [1.54, 1.807) is 12.1 Å². The molecule has 16 heteroatoms. The average Bonchev–Trinajstić information content (AvgIpc) is 3.73. The molecule has 0 radical (unpaired) electrons. The average molecular weight is 754 g/mol. The minimum atomic E-state index is -1.19. The van der Waals surface area contributed by atoms with E-state index in [0.717, 1.165) is 73.5 Å². The van der Waals surface area contributed by atoms with Crippen LogP contribution in [0.4, 0.5) is 28.0 Å². The van der Waals surface area contributed by atoms with Gasteiger partial charge in [0.1, 0.15) is 22.8 Å². The van der Waals surface area contributed by atoms with Gasteiger partial charge in [0, 0.05) is 60.0 Å². The molecular formula is C36H31F4N5O5S2. The SMILES string of the molecule is COc1cc2c(Oc3c(F)cc(NC(=O)NN4C(=O)CSC4c4c(F)cccc4F)cc3F)ccnc2cc1OCCCN1CCc2sccc2C1. The van der Waals surface area contributed by atoms with Crippen LogP contribution in [0.25, 0.3) is 10.9 Å². The Bertz CT molecular complexity index is 2110. The molecule has 2 aliphatic rings. The lowest BCUT2D eigenvalue weighted by Gasteiger charge is -2.26. The lowest BCUT2D eigenvalue weighted by atomic mass is 10.1. The standard InChI is InChI=1S/C36H31F4N5O5S2/c1-48-29-16-22-27(17-30(29)49-12-3-10-44-11-7-31-20(18-44)8-13-51-31)41-9-6-28(22)50-34-25(39)14-21(15-26(34)40)42-36(47)43-45-32(46)19-52-35(45)33-23(37)4-2-5-24(33)38/h2,4-6,8-9,13-17,35H,3,7,10-12,18-19H2,1H3,(H2,42,43,47). The molecule has 1 saturated heterocycles. The van der Waals surface area contributed by atoms with Gasteiger partial charge in [-0.3, -0.25) is 14.7 Å². The number of pyridine rings is 1. The van der Waals surface area contributed by atoms with Crippen molar-refractivity contribution < 1.29 is 41.4 Å². The third-order valence-corrected chi connectivity index (χ3v) is 10.8. The van der Waals surface area contributed by atoms with E-state index in [9.17, 15) is 18.4 Å². The molecule has 3 amide bonds. The van der Waals surface area contributed by atoms with E-state index in [4.69, 9.17) is 14.2 Å². The Morgan fingerprint density at radius 1 is 1.00 bits per heavy atom. The van der Waals surface area contributed by atoms with Crippen LogP contribution in [0.15, 0.2) is 66.2 Å². The quantitative estimate of drug-likeness (QED) is 0.104. The topological polar surface area (TPSA) is 105 Å². The van der Waals surface area contributed by atoms with Crippen molar-refractivity contribution in [2.24, 2.45) is 0 Å². The predicted molar refractivity (Wildman–Crippen MR) is 189 cm³/mol. The first-order valence-electron chi connectivity index (χ1n) is 16.2. The molecule has 3 aromatic carbocycles. The van der Waals surface area contributed by atoms with Crippen LogP contribution in [0, 0.1) is 23.3 Å². The largest absolute Gasteiger partial charge is 0.493 e. The molecule has 4 heterocycles. The highest BCUT2D eigenvalue weighted by molar-refractivity contribution is 8.00. The fraction of sp³-hybridized carbons (Fsp3) is 0.250. The summed E-state index contributed by atoms with van der Waals surface area (Å²) in [6.07, 6.45) is 3.28. The van der Waals surface area contributed by atoms with E-state index in [0.29, 0.717) is 29.0 Å². The molecule has 7 rings (SSSR count). The molecule has 270 valence electrons. The summed E-state index contributed by atoms with van der Waals surface area (Å²) < 4.78 is 76.8. The Labute approximate surface area is 303 Å². The van der Waals surface area contributed by atoms with Gasteiger partial charge in [0.05, 0.1) is 30.5 Å². The molecule has 1 atom stereocenters. The smallest absolute Gasteiger partial charge is 0.338 e. The zero-order valence-electron chi connectivity index (χ0n) is 27.6. The Balaban J connectivity index is 1.00. The monoisotopic (exact) mass is 753 g/mol. The van der Waals surface area contributed by atoms with Crippen LogP contribution < -0.4 is 25.0 Å². The molecule has 0 aliphatic carbocycles. The van der Waals surface area contributed by atoms with Crippen LogP contribution in [-0.2, 0) is 17.8 Å². The van der Waals surface area contributed by atoms with Crippen molar-refractivity contribution in [1.82, 2.24) is 20.3 Å². The summed E-state index contributed by atoms with van der Waals surface area (Å²) >= 11 is 2.71. The Kier molecular flexibility index (Phi) is 10.4. The van der Waals surface area contributed by atoms with Gasteiger partial charge in [0.25, 0.3) is 5.91 Å². The van der Waals surface area contributed by atoms with Crippen LogP contribution in [0.5, 0.6) is 23.0 Å². The first-order valence-corrected chi connectivity index (χ1v) is 18.1. The van der Waals surface area contributed by atoms with Crippen molar-refractivity contribution in [3.8, 4) is 23.0 Å². The summed E-state index contributed by atoms with van der Waals surface area (Å²) in [5.41, 5.74) is 3.32. The zero-order chi connectivity index (χ0) is 36.4. The van der Waals surface area contributed by atoms with E-state index in [1.165, 1.54) is 35.9 Å². The highest BCUT2D eigenvalue weighted by atomic mass is 32.2. The predicted octanol–water partition coefficient (Wildman–Crippen LogP) is 7.79. The summed E-state index contributed by atoms with van der Waals surface area (Å²) in [4.78, 5) is 33.4. The van der Waals surface area contributed by atoms with Gasteiger partial charge in [-0.25, -0.2) is 32.8 Å². The van der Waals surface area contributed by atoms with E-state index in [2.05, 4.69) is 32.1 Å². The second-order valence-electron chi connectivity index (χ2n) is 11.9. The van der Waals surface area contributed by atoms with Crippen molar-refractivity contribution in [2.45, 2.75) is 24.8 Å². The van der Waals surface area contributed by atoms with Crippen molar-refractivity contribution in [2.75, 3.05) is 37.9 Å². The number of thiophene rings is 1. The minimum absolute atomic E-state index is 0.0838. The summed E-state index contributed by atoms with van der Waals surface area (Å²) in [6.45, 7) is 3.27. The molecule has 0 spiro atoms. The number of thioether (sulfide) groups is 1. The Hall–Kier alpha value is -5.06. The summed E-state index contributed by atoms with van der Waals surface area (Å²) in [7, 11) is 1.48. The minimum Gasteiger partial charge on any atom is -0.493 e. The number of nitrogens with zero attached hydrogens (tertiary/aromatic N) is 3. The lowest BCUT2D eigenvalue weighted by molar-refractivity contribution is -0.130. The second kappa shape index (κ2) is 15.3. The molecule has 10 nitrogen and oxygen atoms in total. The van der Waals surface area contributed by atoms with Gasteiger partial charge in [-0.1, -0.05) is 6.07 Å². The van der Waals surface area contributed by atoms with Crippen LogP contribution in [0.1, 0.15) is 27.8 Å². The molecule has 2 aliphatic heterocycles. The number of carbonyl (C=O) groups excluding carboxylic acids is 2. The van der Waals surface area contributed by atoms with Crippen LogP contribution in [-0.4, -0.2) is 59.4 Å². The van der Waals surface area contributed by atoms with Crippen LogP contribution in [0.3, 0.4) is 0 Å². The number of amides is 3. The maximum Gasteiger partial charge on any atom is 0.338 e. The molecule has 2 aromatic heterocycles. The Morgan fingerprint density at radius 2 is 1.79 bits per heavy atom. The van der Waals surface area contributed by atoms with E-state index < -0.39 is 51.9 Å². The van der Waals surface area contributed by atoms with E-state index in [-0.39, 0.29) is 17.2 Å². The number of ether oxygens (including phenoxy) is 3. The number of benzene rings is 3. The number of fused-ring (bicyclic) bond motifs is 2. The highest BCUT2D eigenvalue weighted by Crippen LogP contribution is 2.41. The first kappa shape index (κ1) is 35.3. The summed E-state index contributed by atoms with van der Waals surface area (Å²) in [5, 5.41) is 4.35. The van der Waals surface area contributed by atoms with E-state index >= 15 is 8.78 Å². The van der Waals surface area contributed by atoms with Gasteiger partial charge in [-0.2, -0.15) is 0 Å². The number of rotatable bonds is 11. The van der Waals surface area contributed by atoms with Crippen molar-refractivity contribution in [3.63, 3.8) is 0 Å². The van der Waals surface area contributed by atoms with Gasteiger partial charge in [-0.05, 0) is 54.1 Å². The molecule has 52 heavy (non-hydrogen) atoms. The van der Waals surface area contributed by atoms with E-state index in [1.807, 2.05) is 11.3 Å². The number of carbonyl (C=O) groups is 2. The molecule has 1 unspecified atom stereocenters. The number of hydrogen-bond donors (Lipinski definition) is 2. The molecule has 1 fully saturated rings. The maximum atomic E-state index is 15.3. The third-order valence-electron chi connectivity index (χ3n) is 8.55. The van der Waals surface area contributed by atoms with Gasteiger partial charge in [0.2, 0.25) is 0 Å². The van der Waals surface area contributed by atoms with Gasteiger partial charge in [0.15, 0.2) is 28.9 Å². The van der Waals surface area contributed by atoms with Crippen molar-refractivity contribution >= 4 is 51.6 Å². The van der Waals surface area contributed by atoms with Crippen LogP contribution in [0.2, 0.25) is 0 Å². The fourth-order valence-corrected chi connectivity index (χ4v) is 8.11. The zero-order valence-corrected chi connectivity index (χ0v) is 29.2. The number of halogens is 4. The summed E-state index contributed by atoms with van der Waals surface area (Å²) in [6, 6.07) is 10.7. The fourth-order valence-electron chi connectivity index (χ4n) is 6.07. The molecule has 0 saturated carbocycles. The molecular weight excluding hydrogens is 723 g/mol.